The Labute approximate surface area is 187 Å². The third-order valence-corrected chi connectivity index (χ3v) is 5.05. The monoisotopic (exact) mass is 433 g/mol. The van der Waals surface area contributed by atoms with Crippen LogP contribution in [0.1, 0.15) is 30.9 Å². The molecular formula is C26H27NO5. The molecule has 0 heterocycles. The molecule has 0 aromatic heterocycles. The van der Waals surface area contributed by atoms with Crippen molar-refractivity contribution >= 4 is 11.9 Å². The Morgan fingerprint density at radius 3 is 2.06 bits per heavy atom. The molecule has 1 amide bonds. The summed E-state index contributed by atoms with van der Waals surface area (Å²) in [7, 11) is 0. The second-order valence-electron chi connectivity index (χ2n) is 7.49. The van der Waals surface area contributed by atoms with Gasteiger partial charge in [-0.15, -0.1) is 0 Å². The maximum absolute atomic E-state index is 12.3. The van der Waals surface area contributed by atoms with Crippen molar-refractivity contribution in [1.29, 1.82) is 0 Å². The SMILES string of the molecule is CC(Oc1ccc(C(C)C(=O)O)cc1)C(=O)NCCc1ccc(Oc2ccccc2)cc1. The molecule has 0 radical (unpaired) electrons. The highest BCUT2D eigenvalue weighted by Gasteiger charge is 2.16. The predicted molar refractivity (Wildman–Crippen MR) is 122 cm³/mol. The topological polar surface area (TPSA) is 84.9 Å². The Morgan fingerprint density at radius 2 is 1.44 bits per heavy atom. The molecular weight excluding hydrogens is 406 g/mol. The lowest BCUT2D eigenvalue weighted by Gasteiger charge is -2.15. The fraction of sp³-hybridized carbons (Fsp3) is 0.231. The second kappa shape index (κ2) is 11.0. The number of hydrogen-bond acceptors (Lipinski definition) is 4. The van der Waals surface area contributed by atoms with E-state index in [1.54, 1.807) is 38.1 Å². The summed E-state index contributed by atoms with van der Waals surface area (Å²) in [6.07, 6.45) is 0.0191. The molecule has 166 valence electrons. The molecule has 2 unspecified atom stereocenters. The molecule has 0 saturated carbocycles. The standard InChI is InChI=1S/C26H27NO5/c1-18(26(29)30)21-10-14-23(15-11-21)31-19(2)25(28)27-17-16-20-8-12-24(13-9-20)32-22-6-4-3-5-7-22/h3-15,18-19H,16-17H2,1-2H3,(H,27,28)(H,29,30). The molecule has 6 heteroatoms. The van der Waals surface area contributed by atoms with E-state index in [1.807, 2.05) is 54.6 Å². The van der Waals surface area contributed by atoms with Crippen LogP contribution in [0.25, 0.3) is 0 Å². The van der Waals surface area contributed by atoms with Crippen molar-refractivity contribution in [3.05, 3.63) is 90.0 Å². The summed E-state index contributed by atoms with van der Waals surface area (Å²) in [5, 5.41) is 11.9. The largest absolute Gasteiger partial charge is 0.481 e. The number of amides is 1. The summed E-state index contributed by atoms with van der Waals surface area (Å²) in [5.74, 6) is 0.371. The lowest BCUT2D eigenvalue weighted by Crippen LogP contribution is -2.37. The minimum Gasteiger partial charge on any atom is -0.481 e. The molecule has 0 fully saturated rings. The van der Waals surface area contributed by atoms with Gasteiger partial charge in [0.15, 0.2) is 6.10 Å². The lowest BCUT2D eigenvalue weighted by molar-refractivity contribution is -0.138. The highest BCUT2D eigenvalue weighted by molar-refractivity contribution is 5.80. The number of nitrogens with one attached hydrogen (secondary N) is 1. The first-order valence-corrected chi connectivity index (χ1v) is 10.5. The van der Waals surface area contributed by atoms with Gasteiger partial charge in [0.1, 0.15) is 17.2 Å². The Hall–Kier alpha value is -3.80. The van der Waals surface area contributed by atoms with E-state index in [0.717, 1.165) is 17.1 Å². The number of carbonyl (C=O) groups excluding carboxylic acids is 1. The van der Waals surface area contributed by atoms with E-state index >= 15 is 0 Å². The van der Waals surface area contributed by atoms with Gasteiger partial charge in [0, 0.05) is 6.54 Å². The molecule has 0 bridgehead atoms. The van der Waals surface area contributed by atoms with Crippen LogP contribution in [0.4, 0.5) is 0 Å². The first kappa shape index (κ1) is 22.9. The van der Waals surface area contributed by atoms with Crippen LogP contribution in [0.2, 0.25) is 0 Å². The average molecular weight is 434 g/mol. The van der Waals surface area contributed by atoms with E-state index in [4.69, 9.17) is 14.6 Å². The third-order valence-electron chi connectivity index (χ3n) is 5.05. The molecule has 2 N–H and O–H groups in total. The normalized spacial score (nSPS) is 12.4. The van der Waals surface area contributed by atoms with Crippen LogP contribution in [-0.4, -0.2) is 29.6 Å². The molecule has 3 aromatic carbocycles. The molecule has 0 saturated heterocycles. The van der Waals surface area contributed by atoms with Gasteiger partial charge in [0.05, 0.1) is 5.92 Å². The number of hydrogen-bond donors (Lipinski definition) is 2. The van der Waals surface area contributed by atoms with Crippen molar-refractivity contribution < 1.29 is 24.2 Å². The van der Waals surface area contributed by atoms with Crippen LogP contribution < -0.4 is 14.8 Å². The van der Waals surface area contributed by atoms with Crippen LogP contribution in [0.3, 0.4) is 0 Å². The van der Waals surface area contributed by atoms with Crippen molar-refractivity contribution in [2.24, 2.45) is 0 Å². The maximum atomic E-state index is 12.3. The van der Waals surface area contributed by atoms with E-state index in [1.165, 1.54) is 0 Å². The highest BCUT2D eigenvalue weighted by Crippen LogP contribution is 2.22. The average Bonchev–Trinajstić information content (AvgIpc) is 2.80. The van der Waals surface area contributed by atoms with Gasteiger partial charge in [-0.25, -0.2) is 0 Å². The zero-order valence-electron chi connectivity index (χ0n) is 18.2. The van der Waals surface area contributed by atoms with Crippen molar-refractivity contribution in [3.8, 4) is 17.2 Å². The minimum absolute atomic E-state index is 0.211. The Bertz CT molecular complexity index is 1020. The fourth-order valence-electron chi connectivity index (χ4n) is 3.06. The number of carboxylic acid groups (broad SMARTS) is 1. The second-order valence-corrected chi connectivity index (χ2v) is 7.49. The molecule has 32 heavy (non-hydrogen) atoms. The molecule has 0 aliphatic heterocycles. The molecule has 2 atom stereocenters. The number of rotatable bonds is 10. The maximum Gasteiger partial charge on any atom is 0.310 e. The van der Waals surface area contributed by atoms with Gasteiger partial charge in [-0.05, 0) is 67.8 Å². The summed E-state index contributed by atoms with van der Waals surface area (Å²) < 4.78 is 11.5. The molecule has 0 spiro atoms. The smallest absolute Gasteiger partial charge is 0.310 e. The summed E-state index contributed by atoms with van der Waals surface area (Å²) in [6, 6.07) is 24.1. The van der Waals surface area contributed by atoms with Gasteiger partial charge < -0.3 is 19.9 Å². The van der Waals surface area contributed by atoms with Crippen molar-refractivity contribution in [1.82, 2.24) is 5.32 Å². The number of carboxylic acids is 1. The van der Waals surface area contributed by atoms with Crippen molar-refractivity contribution in [3.63, 3.8) is 0 Å². The number of ether oxygens (including phenoxy) is 2. The van der Waals surface area contributed by atoms with Crippen LogP contribution in [0, 0.1) is 0 Å². The Morgan fingerprint density at radius 1 is 0.844 bits per heavy atom. The van der Waals surface area contributed by atoms with Crippen LogP contribution >= 0.6 is 0 Å². The molecule has 0 aliphatic carbocycles. The van der Waals surface area contributed by atoms with Crippen LogP contribution in [0.5, 0.6) is 17.2 Å². The van der Waals surface area contributed by atoms with Crippen LogP contribution in [0.15, 0.2) is 78.9 Å². The number of para-hydroxylation sites is 1. The Kier molecular flexibility index (Phi) is 7.86. The number of benzene rings is 3. The van der Waals surface area contributed by atoms with Gasteiger partial charge in [0.2, 0.25) is 0 Å². The van der Waals surface area contributed by atoms with Gasteiger partial charge in [-0.1, -0.05) is 42.5 Å². The first-order valence-electron chi connectivity index (χ1n) is 10.5. The van der Waals surface area contributed by atoms with Gasteiger partial charge in [-0.3, -0.25) is 9.59 Å². The van der Waals surface area contributed by atoms with Crippen molar-refractivity contribution in [2.75, 3.05) is 6.54 Å². The zero-order valence-corrected chi connectivity index (χ0v) is 18.2. The minimum atomic E-state index is -0.884. The summed E-state index contributed by atoms with van der Waals surface area (Å²) >= 11 is 0. The van der Waals surface area contributed by atoms with Crippen molar-refractivity contribution in [2.45, 2.75) is 32.3 Å². The first-order chi connectivity index (χ1) is 15.4. The lowest BCUT2D eigenvalue weighted by atomic mass is 10.0. The predicted octanol–water partition coefficient (Wildman–Crippen LogP) is 4.79. The van der Waals surface area contributed by atoms with E-state index in [0.29, 0.717) is 24.3 Å². The zero-order chi connectivity index (χ0) is 22.9. The third kappa shape index (κ3) is 6.60. The van der Waals surface area contributed by atoms with E-state index in [-0.39, 0.29) is 5.91 Å². The van der Waals surface area contributed by atoms with E-state index < -0.39 is 18.0 Å². The molecule has 6 nitrogen and oxygen atoms in total. The van der Waals surface area contributed by atoms with Gasteiger partial charge in [0.25, 0.3) is 5.91 Å². The quantitative estimate of drug-likeness (QED) is 0.480. The summed E-state index contributed by atoms with van der Waals surface area (Å²) in [4.78, 5) is 23.4. The number of aliphatic carboxylic acids is 1. The fourth-order valence-corrected chi connectivity index (χ4v) is 3.06. The number of carbonyl (C=O) groups is 2. The van der Waals surface area contributed by atoms with Gasteiger partial charge in [-0.2, -0.15) is 0 Å². The summed E-state index contributed by atoms with van der Waals surface area (Å²) in [6.45, 7) is 3.79. The van der Waals surface area contributed by atoms with Gasteiger partial charge >= 0.3 is 5.97 Å². The molecule has 0 aliphatic rings. The Balaban J connectivity index is 1.42. The molecule has 3 rings (SSSR count). The van der Waals surface area contributed by atoms with E-state index in [2.05, 4.69) is 5.32 Å². The van der Waals surface area contributed by atoms with E-state index in [9.17, 15) is 9.59 Å². The highest BCUT2D eigenvalue weighted by atomic mass is 16.5. The van der Waals surface area contributed by atoms with Crippen LogP contribution in [-0.2, 0) is 16.0 Å². The summed E-state index contributed by atoms with van der Waals surface area (Å²) in [5.41, 5.74) is 1.77. The molecule has 3 aromatic rings.